The second-order valence-corrected chi connectivity index (χ2v) is 6.66. The molecule has 1 aliphatic rings. The van der Waals surface area contributed by atoms with Crippen molar-refractivity contribution in [2.75, 3.05) is 19.6 Å². The highest BCUT2D eigenvalue weighted by Crippen LogP contribution is 2.22. The molecule has 0 aromatic heterocycles. The predicted molar refractivity (Wildman–Crippen MR) is 103 cm³/mol. The topological polar surface area (TPSA) is 78.5 Å². The van der Waals surface area contributed by atoms with Gasteiger partial charge in [0.2, 0.25) is 0 Å². The van der Waals surface area contributed by atoms with Crippen LogP contribution in [0.2, 0.25) is 5.02 Å². The lowest BCUT2D eigenvalue weighted by atomic mass is 10.1. The molecule has 0 bridgehead atoms. The Morgan fingerprint density at radius 3 is 2.11 bits per heavy atom. The zero-order valence-electron chi connectivity index (χ0n) is 14.7. The summed E-state index contributed by atoms with van der Waals surface area (Å²) in [6, 6.07) is 14.0. The van der Waals surface area contributed by atoms with Gasteiger partial charge in [-0.15, -0.1) is 0 Å². The van der Waals surface area contributed by atoms with Gasteiger partial charge in [-0.1, -0.05) is 35.9 Å². The van der Waals surface area contributed by atoms with Gasteiger partial charge in [-0.3, -0.25) is 14.5 Å². The van der Waals surface area contributed by atoms with Crippen LogP contribution in [0.4, 0.5) is 4.79 Å². The Labute approximate surface area is 162 Å². The summed E-state index contributed by atoms with van der Waals surface area (Å²) in [6.45, 7) is 1.16. The fourth-order valence-corrected chi connectivity index (χ4v) is 3.04. The van der Waals surface area contributed by atoms with Crippen LogP contribution in [0.5, 0.6) is 0 Å². The van der Waals surface area contributed by atoms with Crippen molar-refractivity contribution in [2.24, 2.45) is 0 Å². The lowest BCUT2D eigenvalue weighted by Gasteiger charge is -2.14. The van der Waals surface area contributed by atoms with Crippen LogP contribution < -0.4 is 10.6 Å². The van der Waals surface area contributed by atoms with Gasteiger partial charge in [0.05, 0.1) is 11.1 Å². The van der Waals surface area contributed by atoms with Crippen molar-refractivity contribution in [1.29, 1.82) is 0 Å². The number of fused-ring (bicyclic) bond motifs is 1. The lowest BCUT2D eigenvalue weighted by Crippen LogP contribution is -2.38. The van der Waals surface area contributed by atoms with E-state index >= 15 is 0 Å². The number of rotatable bonds is 7. The summed E-state index contributed by atoms with van der Waals surface area (Å²) in [5.74, 6) is -0.550. The molecule has 1 heterocycles. The molecule has 3 rings (SSSR count). The Morgan fingerprint density at radius 1 is 0.889 bits per heavy atom. The molecule has 0 aliphatic carbocycles. The minimum Gasteiger partial charge on any atom is -0.338 e. The maximum Gasteiger partial charge on any atom is 0.314 e. The van der Waals surface area contributed by atoms with Crippen molar-refractivity contribution in [2.45, 2.75) is 12.8 Å². The summed E-state index contributed by atoms with van der Waals surface area (Å²) in [5.41, 5.74) is 1.97. The fraction of sp³-hybridized carbons (Fsp3) is 0.250. The van der Waals surface area contributed by atoms with E-state index in [2.05, 4.69) is 10.6 Å². The largest absolute Gasteiger partial charge is 0.338 e. The Bertz CT molecular complexity index is 817. The number of halogens is 1. The van der Waals surface area contributed by atoms with Gasteiger partial charge < -0.3 is 10.6 Å². The minimum absolute atomic E-state index is 0.272. The summed E-state index contributed by atoms with van der Waals surface area (Å²) in [4.78, 5) is 37.5. The van der Waals surface area contributed by atoms with Crippen LogP contribution >= 0.6 is 11.6 Å². The number of amides is 4. The summed E-state index contributed by atoms with van der Waals surface area (Å²) >= 11 is 5.83. The van der Waals surface area contributed by atoms with E-state index in [4.69, 9.17) is 11.6 Å². The maximum absolute atomic E-state index is 12.2. The average Bonchev–Trinajstić information content (AvgIpc) is 2.92. The fourth-order valence-electron chi connectivity index (χ4n) is 2.92. The van der Waals surface area contributed by atoms with Crippen LogP contribution in [0.15, 0.2) is 48.5 Å². The van der Waals surface area contributed by atoms with Gasteiger partial charge in [0, 0.05) is 24.7 Å². The number of urea groups is 1. The molecular weight excluding hydrogens is 366 g/mol. The van der Waals surface area contributed by atoms with E-state index in [-0.39, 0.29) is 24.4 Å². The second kappa shape index (κ2) is 8.68. The predicted octanol–water partition coefficient (Wildman–Crippen LogP) is 2.87. The minimum atomic E-state index is -0.275. The molecule has 140 valence electrons. The average molecular weight is 386 g/mol. The molecule has 2 N–H and O–H groups in total. The zero-order chi connectivity index (χ0) is 19.2. The van der Waals surface area contributed by atoms with E-state index in [1.54, 1.807) is 24.3 Å². The van der Waals surface area contributed by atoms with Crippen molar-refractivity contribution >= 4 is 29.4 Å². The normalized spacial score (nSPS) is 12.9. The van der Waals surface area contributed by atoms with E-state index in [1.165, 1.54) is 4.90 Å². The SMILES string of the molecule is O=C(NCCCN1C(=O)c2ccccc2C1=O)NCCc1ccc(Cl)cc1. The van der Waals surface area contributed by atoms with Crippen LogP contribution in [-0.4, -0.2) is 42.4 Å². The number of nitrogens with one attached hydrogen (secondary N) is 2. The molecule has 6 nitrogen and oxygen atoms in total. The van der Waals surface area contributed by atoms with Crippen molar-refractivity contribution < 1.29 is 14.4 Å². The van der Waals surface area contributed by atoms with Crippen molar-refractivity contribution in [3.63, 3.8) is 0 Å². The maximum atomic E-state index is 12.2. The molecular formula is C20H20ClN3O3. The Balaban J connectivity index is 1.34. The lowest BCUT2D eigenvalue weighted by molar-refractivity contribution is 0.0653. The molecule has 0 saturated carbocycles. The highest BCUT2D eigenvalue weighted by Gasteiger charge is 2.34. The third-order valence-corrected chi connectivity index (χ3v) is 4.59. The number of carbonyl (C=O) groups is 3. The van der Waals surface area contributed by atoms with E-state index in [0.717, 1.165) is 5.56 Å². The van der Waals surface area contributed by atoms with E-state index in [9.17, 15) is 14.4 Å². The molecule has 0 spiro atoms. The Hall–Kier alpha value is -2.86. The second-order valence-electron chi connectivity index (χ2n) is 6.22. The van der Waals surface area contributed by atoms with Crippen molar-refractivity contribution in [1.82, 2.24) is 15.5 Å². The summed E-state index contributed by atoms with van der Waals surface area (Å²) < 4.78 is 0. The first-order chi connectivity index (χ1) is 13.1. The number of imide groups is 1. The molecule has 0 radical (unpaired) electrons. The molecule has 2 aromatic carbocycles. The first-order valence-corrected chi connectivity index (χ1v) is 9.15. The summed E-state index contributed by atoms with van der Waals surface area (Å²) in [6.07, 6.45) is 1.20. The van der Waals surface area contributed by atoms with E-state index in [0.29, 0.717) is 42.1 Å². The Kier molecular flexibility index (Phi) is 6.08. The van der Waals surface area contributed by atoms with Crippen LogP contribution in [-0.2, 0) is 6.42 Å². The quantitative estimate of drug-likeness (QED) is 0.568. The smallest absolute Gasteiger partial charge is 0.314 e. The molecule has 0 fully saturated rings. The molecule has 7 heteroatoms. The third-order valence-electron chi connectivity index (χ3n) is 4.33. The standard InChI is InChI=1S/C20H20ClN3O3/c21-15-8-6-14(7-9-15)10-12-23-20(27)22-11-3-13-24-18(25)16-4-1-2-5-17(16)19(24)26/h1-2,4-9H,3,10-13H2,(H2,22,23,27). The number of hydrogen-bond acceptors (Lipinski definition) is 3. The van der Waals surface area contributed by atoms with Crippen LogP contribution in [0.3, 0.4) is 0 Å². The van der Waals surface area contributed by atoms with E-state index in [1.807, 2.05) is 24.3 Å². The molecule has 0 saturated heterocycles. The monoisotopic (exact) mass is 385 g/mol. The van der Waals surface area contributed by atoms with Gasteiger partial charge in [-0.2, -0.15) is 0 Å². The van der Waals surface area contributed by atoms with Crippen LogP contribution in [0, 0.1) is 0 Å². The van der Waals surface area contributed by atoms with Crippen molar-refractivity contribution in [3.05, 3.63) is 70.2 Å². The molecule has 4 amide bonds. The number of carbonyl (C=O) groups excluding carboxylic acids is 3. The first kappa shape index (κ1) is 18.9. The van der Waals surface area contributed by atoms with Gasteiger partial charge in [-0.25, -0.2) is 4.79 Å². The molecule has 2 aromatic rings. The number of nitrogens with zero attached hydrogens (tertiary/aromatic N) is 1. The summed E-state index contributed by atoms with van der Waals surface area (Å²) in [5, 5.41) is 6.19. The molecule has 0 unspecified atom stereocenters. The zero-order valence-corrected chi connectivity index (χ0v) is 15.5. The number of hydrogen-bond donors (Lipinski definition) is 2. The van der Waals surface area contributed by atoms with Gasteiger partial charge in [0.1, 0.15) is 0 Å². The van der Waals surface area contributed by atoms with Gasteiger partial charge in [0.25, 0.3) is 11.8 Å². The van der Waals surface area contributed by atoms with Crippen LogP contribution in [0.1, 0.15) is 32.7 Å². The van der Waals surface area contributed by atoms with Gasteiger partial charge in [-0.05, 0) is 42.7 Å². The van der Waals surface area contributed by atoms with Crippen molar-refractivity contribution in [3.8, 4) is 0 Å². The first-order valence-electron chi connectivity index (χ1n) is 8.77. The molecule has 0 atom stereocenters. The molecule has 1 aliphatic heterocycles. The molecule has 27 heavy (non-hydrogen) atoms. The van der Waals surface area contributed by atoms with Gasteiger partial charge in [0.15, 0.2) is 0 Å². The third kappa shape index (κ3) is 4.65. The van der Waals surface area contributed by atoms with Crippen LogP contribution in [0.25, 0.3) is 0 Å². The Morgan fingerprint density at radius 2 is 1.48 bits per heavy atom. The van der Waals surface area contributed by atoms with E-state index < -0.39 is 0 Å². The highest BCUT2D eigenvalue weighted by atomic mass is 35.5. The summed E-state index contributed by atoms with van der Waals surface area (Å²) in [7, 11) is 0. The highest BCUT2D eigenvalue weighted by molar-refractivity contribution is 6.30. The number of benzene rings is 2. The van der Waals surface area contributed by atoms with Gasteiger partial charge >= 0.3 is 6.03 Å².